The van der Waals surface area contributed by atoms with E-state index in [1.807, 2.05) is 54.6 Å². The standard InChI is InChI=1S/C30H31BrO5/c1-33-17-4-5-18-36-26-13-10-22(11-14-26)9-12-23-20-27(34-2)21-30(35-3)28(23)15-16-29(32)24-7-6-8-25(31)19-24/h6-16,19-21H,4-5,17-18H2,1-3H3/b12-9+,16-15+. The summed E-state index contributed by atoms with van der Waals surface area (Å²) < 4.78 is 22.8. The predicted molar refractivity (Wildman–Crippen MR) is 149 cm³/mol. The molecule has 0 aliphatic rings. The van der Waals surface area contributed by atoms with E-state index in [1.165, 1.54) is 0 Å². The van der Waals surface area contributed by atoms with Crippen LogP contribution < -0.4 is 14.2 Å². The van der Waals surface area contributed by atoms with Crippen LogP contribution >= 0.6 is 15.9 Å². The first-order chi connectivity index (χ1) is 17.5. The van der Waals surface area contributed by atoms with Gasteiger partial charge >= 0.3 is 0 Å². The van der Waals surface area contributed by atoms with E-state index in [0.717, 1.165) is 46.4 Å². The molecule has 0 aromatic heterocycles. The van der Waals surface area contributed by atoms with E-state index < -0.39 is 0 Å². The van der Waals surface area contributed by atoms with Gasteiger partial charge in [-0.3, -0.25) is 4.79 Å². The molecular formula is C30H31BrO5. The molecule has 0 bridgehead atoms. The lowest BCUT2D eigenvalue weighted by molar-refractivity contribution is 0.104. The van der Waals surface area contributed by atoms with Gasteiger partial charge in [-0.05, 0) is 66.5 Å². The molecule has 188 valence electrons. The highest BCUT2D eigenvalue weighted by atomic mass is 79.9. The highest BCUT2D eigenvalue weighted by Gasteiger charge is 2.10. The number of rotatable bonds is 13. The zero-order valence-corrected chi connectivity index (χ0v) is 22.4. The molecule has 0 atom stereocenters. The maximum Gasteiger partial charge on any atom is 0.185 e. The summed E-state index contributed by atoms with van der Waals surface area (Å²) in [4.78, 5) is 12.7. The van der Waals surface area contributed by atoms with Crippen LogP contribution in [0.2, 0.25) is 0 Å². The van der Waals surface area contributed by atoms with Crippen LogP contribution in [0.25, 0.3) is 18.2 Å². The topological polar surface area (TPSA) is 54.0 Å². The lowest BCUT2D eigenvalue weighted by Gasteiger charge is -2.12. The molecule has 3 aromatic carbocycles. The molecule has 0 amide bonds. The fourth-order valence-corrected chi connectivity index (χ4v) is 3.92. The lowest BCUT2D eigenvalue weighted by atomic mass is 10.0. The molecule has 0 radical (unpaired) electrons. The second-order valence-corrected chi connectivity index (χ2v) is 8.91. The van der Waals surface area contributed by atoms with Crippen LogP contribution in [0.1, 0.15) is 39.9 Å². The zero-order chi connectivity index (χ0) is 25.8. The SMILES string of the molecule is COCCCCOc1ccc(/C=C/c2cc(OC)cc(OC)c2/C=C/C(=O)c2cccc(Br)c2)cc1. The summed E-state index contributed by atoms with van der Waals surface area (Å²) in [5.74, 6) is 2.02. The van der Waals surface area contributed by atoms with Crippen molar-refractivity contribution in [3.63, 3.8) is 0 Å². The first kappa shape index (κ1) is 27.2. The van der Waals surface area contributed by atoms with Crippen molar-refractivity contribution in [3.05, 3.63) is 93.5 Å². The Labute approximate surface area is 221 Å². The monoisotopic (exact) mass is 550 g/mol. The molecule has 0 heterocycles. The third-order valence-electron chi connectivity index (χ3n) is 5.46. The number of allylic oxidation sites excluding steroid dienone is 1. The van der Waals surface area contributed by atoms with Gasteiger partial charge in [-0.15, -0.1) is 0 Å². The first-order valence-electron chi connectivity index (χ1n) is 11.7. The van der Waals surface area contributed by atoms with Gasteiger partial charge in [0, 0.05) is 35.4 Å². The number of ketones is 1. The van der Waals surface area contributed by atoms with Crippen molar-refractivity contribution in [2.24, 2.45) is 0 Å². The number of ether oxygens (including phenoxy) is 4. The van der Waals surface area contributed by atoms with Crippen LogP contribution in [0.4, 0.5) is 0 Å². The largest absolute Gasteiger partial charge is 0.497 e. The van der Waals surface area contributed by atoms with Gasteiger partial charge in [0.25, 0.3) is 0 Å². The average molecular weight is 551 g/mol. The van der Waals surface area contributed by atoms with Gasteiger partial charge in [-0.25, -0.2) is 0 Å². The summed E-state index contributed by atoms with van der Waals surface area (Å²) in [6.07, 6.45) is 9.25. The Hall–Kier alpha value is -3.35. The summed E-state index contributed by atoms with van der Waals surface area (Å²) in [6, 6.07) is 19.0. The molecule has 0 spiro atoms. The molecule has 0 saturated carbocycles. The zero-order valence-electron chi connectivity index (χ0n) is 20.8. The molecule has 6 heteroatoms. The number of carbonyl (C=O) groups is 1. The first-order valence-corrected chi connectivity index (χ1v) is 12.5. The van der Waals surface area contributed by atoms with Gasteiger partial charge in [-0.1, -0.05) is 52.3 Å². The fourth-order valence-electron chi connectivity index (χ4n) is 3.52. The molecule has 5 nitrogen and oxygen atoms in total. The molecule has 0 unspecified atom stereocenters. The highest BCUT2D eigenvalue weighted by molar-refractivity contribution is 9.10. The minimum absolute atomic E-state index is 0.0955. The van der Waals surface area contributed by atoms with Crippen LogP contribution in [-0.4, -0.2) is 40.3 Å². The number of unbranched alkanes of at least 4 members (excludes halogenated alkanes) is 1. The predicted octanol–water partition coefficient (Wildman–Crippen LogP) is 7.34. The molecule has 36 heavy (non-hydrogen) atoms. The summed E-state index contributed by atoms with van der Waals surface area (Å²) in [5.41, 5.74) is 3.27. The van der Waals surface area contributed by atoms with Crippen molar-refractivity contribution in [2.45, 2.75) is 12.8 Å². The van der Waals surface area contributed by atoms with Gasteiger partial charge in [0.2, 0.25) is 0 Å². The van der Waals surface area contributed by atoms with Crippen molar-refractivity contribution in [1.29, 1.82) is 0 Å². The summed E-state index contributed by atoms with van der Waals surface area (Å²) in [5, 5.41) is 0. The lowest BCUT2D eigenvalue weighted by Crippen LogP contribution is -1.99. The fraction of sp³-hybridized carbons (Fsp3) is 0.233. The van der Waals surface area contributed by atoms with Gasteiger partial charge in [0.1, 0.15) is 17.2 Å². The molecule has 3 rings (SSSR count). The van der Waals surface area contributed by atoms with Crippen molar-refractivity contribution in [2.75, 3.05) is 34.5 Å². The summed E-state index contributed by atoms with van der Waals surface area (Å²) in [7, 11) is 4.92. The van der Waals surface area contributed by atoms with Crippen molar-refractivity contribution < 1.29 is 23.7 Å². The molecule has 0 saturated heterocycles. The number of halogens is 1. The Kier molecular flexibility index (Phi) is 10.8. The Balaban J connectivity index is 1.80. The molecule has 0 N–H and O–H groups in total. The maximum atomic E-state index is 12.7. The molecule has 0 fully saturated rings. The Morgan fingerprint density at radius 1 is 0.833 bits per heavy atom. The van der Waals surface area contributed by atoms with Crippen LogP contribution in [0.3, 0.4) is 0 Å². The second kappa shape index (κ2) is 14.3. The van der Waals surface area contributed by atoms with E-state index in [2.05, 4.69) is 15.9 Å². The maximum absolute atomic E-state index is 12.7. The Morgan fingerprint density at radius 2 is 1.61 bits per heavy atom. The third-order valence-corrected chi connectivity index (χ3v) is 5.95. The van der Waals surface area contributed by atoms with E-state index in [9.17, 15) is 4.79 Å². The molecule has 3 aromatic rings. The number of methoxy groups -OCH3 is 3. The van der Waals surface area contributed by atoms with E-state index in [4.69, 9.17) is 18.9 Å². The molecular weight excluding hydrogens is 520 g/mol. The van der Waals surface area contributed by atoms with Crippen LogP contribution in [0.15, 0.2) is 71.2 Å². The Morgan fingerprint density at radius 3 is 2.31 bits per heavy atom. The summed E-state index contributed by atoms with van der Waals surface area (Å²) >= 11 is 3.41. The van der Waals surface area contributed by atoms with Gasteiger partial charge in [0.15, 0.2) is 5.78 Å². The van der Waals surface area contributed by atoms with E-state index >= 15 is 0 Å². The number of benzene rings is 3. The minimum atomic E-state index is -0.0955. The average Bonchev–Trinajstić information content (AvgIpc) is 2.90. The quantitative estimate of drug-likeness (QED) is 0.0963. The number of hydrogen-bond acceptors (Lipinski definition) is 5. The van der Waals surface area contributed by atoms with Crippen LogP contribution in [0, 0.1) is 0 Å². The Bertz CT molecular complexity index is 1200. The van der Waals surface area contributed by atoms with Gasteiger partial charge in [0.05, 0.1) is 20.8 Å². The summed E-state index contributed by atoms with van der Waals surface area (Å²) in [6.45, 7) is 1.41. The third kappa shape index (κ3) is 8.11. The van der Waals surface area contributed by atoms with Crippen LogP contribution in [-0.2, 0) is 4.74 Å². The van der Waals surface area contributed by atoms with Crippen molar-refractivity contribution in [1.82, 2.24) is 0 Å². The normalized spacial score (nSPS) is 11.2. The van der Waals surface area contributed by atoms with Crippen LogP contribution in [0.5, 0.6) is 17.2 Å². The van der Waals surface area contributed by atoms with E-state index in [0.29, 0.717) is 23.7 Å². The highest BCUT2D eigenvalue weighted by Crippen LogP contribution is 2.31. The van der Waals surface area contributed by atoms with E-state index in [-0.39, 0.29) is 5.78 Å². The minimum Gasteiger partial charge on any atom is -0.497 e. The van der Waals surface area contributed by atoms with Gasteiger partial charge in [-0.2, -0.15) is 0 Å². The molecule has 0 aliphatic carbocycles. The smallest absolute Gasteiger partial charge is 0.185 e. The van der Waals surface area contributed by atoms with E-state index in [1.54, 1.807) is 51.7 Å². The second-order valence-electron chi connectivity index (χ2n) is 7.99. The number of carbonyl (C=O) groups excluding carboxylic acids is 1. The van der Waals surface area contributed by atoms with Gasteiger partial charge < -0.3 is 18.9 Å². The molecule has 0 aliphatic heterocycles. The van der Waals surface area contributed by atoms with Crippen molar-refractivity contribution >= 4 is 39.9 Å². The number of hydrogen-bond donors (Lipinski definition) is 0. The van der Waals surface area contributed by atoms with Crippen molar-refractivity contribution in [3.8, 4) is 17.2 Å².